The third-order valence-corrected chi connectivity index (χ3v) is 5.06. The van der Waals surface area contributed by atoms with Gasteiger partial charge in [0.2, 0.25) is 0 Å². The third-order valence-electron chi connectivity index (χ3n) is 5.06. The lowest BCUT2D eigenvalue weighted by Crippen LogP contribution is -2.27. The number of H-pyrrole nitrogens is 2. The summed E-state index contributed by atoms with van der Waals surface area (Å²) in [5.41, 5.74) is 1.51. The van der Waals surface area contributed by atoms with Crippen LogP contribution < -0.4 is 10.9 Å². The molecule has 0 aliphatic carbocycles. The summed E-state index contributed by atoms with van der Waals surface area (Å²) >= 11 is 0. The van der Waals surface area contributed by atoms with Gasteiger partial charge in [-0.05, 0) is 35.4 Å². The van der Waals surface area contributed by atoms with Crippen LogP contribution in [0.4, 0.5) is 8.78 Å². The van der Waals surface area contributed by atoms with Crippen LogP contribution in [0.2, 0.25) is 0 Å². The Kier molecular flexibility index (Phi) is 3.76. The lowest BCUT2D eigenvalue weighted by atomic mass is 9.88. The number of nitrogens with zero attached hydrogens (tertiary/aromatic N) is 3. The first-order valence-electron chi connectivity index (χ1n) is 8.66. The van der Waals surface area contributed by atoms with Crippen molar-refractivity contribution < 1.29 is 8.78 Å². The molecule has 7 nitrogen and oxygen atoms in total. The van der Waals surface area contributed by atoms with Gasteiger partial charge in [0.05, 0.1) is 17.0 Å². The second kappa shape index (κ2) is 6.31. The van der Waals surface area contributed by atoms with Crippen molar-refractivity contribution >= 4 is 10.8 Å². The highest BCUT2D eigenvalue weighted by molar-refractivity contribution is 5.88. The monoisotopic (exact) mass is 380 g/mol. The van der Waals surface area contributed by atoms with E-state index in [0.717, 1.165) is 5.56 Å². The van der Waals surface area contributed by atoms with Crippen LogP contribution in [0.1, 0.15) is 34.6 Å². The van der Waals surface area contributed by atoms with Crippen molar-refractivity contribution in [3.63, 3.8) is 0 Å². The molecule has 2 atom stereocenters. The number of aromatic amines is 2. The molecule has 4 aromatic rings. The molecule has 2 aromatic heterocycles. The molecule has 1 aliphatic rings. The highest BCUT2D eigenvalue weighted by Gasteiger charge is 2.35. The van der Waals surface area contributed by atoms with E-state index in [-0.39, 0.29) is 17.2 Å². The molecular formula is C19H14F2N6O. The molecule has 0 amide bonds. The van der Waals surface area contributed by atoms with Crippen molar-refractivity contribution in [3.05, 3.63) is 87.4 Å². The van der Waals surface area contributed by atoms with Crippen molar-refractivity contribution in [3.8, 4) is 0 Å². The molecule has 0 saturated carbocycles. The first-order valence-corrected chi connectivity index (χ1v) is 8.66. The summed E-state index contributed by atoms with van der Waals surface area (Å²) in [6, 6.07) is 8.35. The standard InChI is InChI=1S/C19H14F2N6O/c20-11-3-1-9(2-4-11)16-15(18-23-8-24-26-18)17-14-10(7-22-16)5-12(21)6-13(14)19(28)27-25-17/h1-6,8,15-16,22H,7H2,(H,27,28)(H,23,24,26). The molecule has 0 radical (unpaired) electrons. The van der Waals surface area contributed by atoms with E-state index in [1.54, 1.807) is 12.1 Å². The molecule has 2 unspecified atom stereocenters. The van der Waals surface area contributed by atoms with Crippen LogP contribution in [0.25, 0.3) is 10.8 Å². The van der Waals surface area contributed by atoms with Gasteiger partial charge >= 0.3 is 0 Å². The van der Waals surface area contributed by atoms with Gasteiger partial charge in [-0.15, -0.1) is 0 Å². The van der Waals surface area contributed by atoms with E-state index in [1.807, 2.05) is 0 Å². The third kappa shape index (κ3) is 2.59. The molecule has 0 spiro atoms. The molecule has 140 valence electrons. The number of nitrogens with one attached hydrogen (secondary N) is 3. The average molecular weight is 380 g/mol. The summed E-state index contributed by atoms with van der Waals surface area (Å²) < 4.78 is 27.6. The number of halogens is 2. The highest BCUT2D eigenvalue weighted by Crippen LogP contribution is 2.40. The fraction of sp³-hybridized carbons (Fsp3) is 0.158. The molecule has 3 N–H and O–H groups in total. The minimum absolute atomic E-state index is 0.228. The molecule has 0 bridgehead atoms. The molecular weight excluding hydrogens is 366 g/mol. The summed E-state index contributed by atoms with van der Waals surface area (Å²) in [4.78, 5) is 16.6. The number of benzene rings is 2. The first-order chi connectivity index (χ1) is 13.6. The van der Waals surface area contributed by atoms with Gasteiger partial charge in [0, 0.05) is 18.0 Å². The Hall–Kier alpha value is -3.46. The molecule has 9 heteroatoms. The highest BCUT2D eigenvalue weighted by atomic mass is 19.1. The van der Waals surface area contributed by atoms with E-state index in [9.17, 15) is 13.6 Å². The molecule has 0 saturated heterocycles. The summed E-state index contributed by atoms with van der Waals surface area (Å²) in [7, 11) is 0. The number of hydrogen-bond acceptors (Lipinski definition) is 5. The fourth-order valence-corrected chi connectivity index (χ4v) is 3.86. The minimum Gasteiger partial charge on any atom is -0.305 e. The minimum atomic E-state index is -0.497. The van der Waals surface area contributed by atoms with Gasteiger partial charge in [-0.25, -0.2) is 18.9 Å². The van der Waals surface area contributed by atoms with Gasteiger partial charge in [0.1, 0.15) is 23.8 Å². The normalized spacial score (nSPS) is 18.9. The van der Waals surface area contributed by atoms with E-state index >= 15 is 0 Å². The zero-order valence-electron chi connectivity index (χ0n) is 14.4. The zero-order valence-corrected chi connectivity index (χ0v) is 14.4. The summed E-state index contributed by atoms with van der Waals surface area (Å²) in [5.74, 6) is -0.772. The van der Waals surface area contributed by atoms with Gasteiger partial charge in [-0.2, -0.15) is 10.2 Å². The summed E-state index contributed by atoms with van der Waals surface area (Å²) in [5, 5.41) is 17.7. The number of aromatic nitrogens is 5. The average Bonchev–Trinajstić information content (AvgIpc) is 3.16. The van der Waals surface area contributed by atoms with Crippen LogP contribution in [0.15, 0.2) is 47.5 Å². The van der Waals surface area contributed by atoms with Crippen LogP contribution in [-0.2, 0) is 6.54 Å². The first kappa shape index (κ1) is 16.7. The van der Waals surface area contributed by atoms with Crippen molar-refractivity contribution in [2.75, 3.05) is 0 Å². The smallest absolute Gasteiger partial charge is 0.272 e. The molecule has 1 aliphatic heterocycles. The van der Waals surface area contributed by atoms with Crippen molar-refractivity contribution in [2.24, 2.45) is 0 Å². The zero-order chi connectivity index (χ0) is 19.3. The quantitative estimate of drug-likeness (QED) is 0.496. The van der Waals surface area contributed by atoms with E-state index in [2.05, 4.69) is 30.7 Å². The Morgan fingerprint density at radius 2 is 1.86 bits per heavy atom. The molecule has 28 heavy (non-hydrogen) atoms. The fourth-order valence-electron chi connectivity index (χ4n) is 3.86. The Bertz CT molecular complexity index is 1220. The Morgan fingerprint density at radius 3 is 2.61 bits per heavy atom. The lowest BCUT2D eigenvalue weighted by molar-refractivity contribution is 0.471. The number of rotatable bonds is 2. The Labute approximate surface area is 156 Å². The van der Waals surface area contributed by atoms with E-state index in [0.29, 0.717) is 29.0 Å². The van der Waals surface area contributed by atoms with Crippen molar-refractivity contribution in [1.82, 2.24) is 30.7 Å². The topological polar surface area (TPSA) is 99.3 Å². The molecule has 5 rings (SSSR count). The van der Waals surface area contributed by atoms with Gasteiger partial charge < -0.3 is 5.32 Å². The largest absolute Gasteiger partial charge is 0.305 e. The van der Waals surface area contributed by atoms with E-state index < -0.39 is 17.3 Å². The summed E-state index contributed by atoms with van der Waals surface area (Å²) in [6.07, 6.45) is 1.39. The second-order valence-corrected chi connectivity index (χ2v) is 6.68. The van der Waals surface area contributed by atoms with Crippen molar-refractivity contribution in [2.45, 2.75) is 18.5 Å². The van der Waals surface area contributed by atoms with Gasteiger partial charge in [0.15, 0.2) is 0 Å². The maximum absolute atomic E-state index is 14.1. The lowest BCUT2D eigenvalue weighted by Gasteiger charge is -2.25. The second-order valence-electron chi connectivity index (χ2n) is 6.68. The van der Waals surface area contributed by atoms with Gasteiger partial charge in [0.25, 0.3) is 5.56 Å². The van der Waals surface area contributed by atoms with Crippen LogP contribution in [0.3, 0.4) is 0 Å². The Morgan fingerprint density at radius 1 is 1.04 bits per heavy atom. The molecule has 3 heterocycles. The predicted molar refractivity (Wildman–Crippen MR) is 96.5 cm³/mol. The Balaban J connectivity index is 1.80. The maximum atomic E-state index is 14.1. The SMILES string of the molecule is O=c1[nH]nc2c3c(cc(F)cc13)CNC(c1ccc(F)cc1)C2c1ncn[nH]1. The molecule has 2 aromatic carbocycles. The number of hydrogen-bond donors (Lipinski definition) is 3. The van der Waals surface area contributed by atoms with Crippen molar-refractivity contribution in [1.29, 1.82) is 0 Å². The van der Waals surface area contributed by atoms with Crippen LogP contribution >= 0.6 is 0 Å². The summed E-state index contributed by atoms with van der Waals surface area (Å²) in [6.45, 7) is 0.305. The van der Waals surface area contributed by atoms with E-state index in [4.69, 9.17) is 0 Å². The van der Waals surface area contributed by atoms with Crippen LogP contribution in [0.5, 0.6) is 0 Å². The maximum Gasteiger partial charge on any atom is 0.272 e. The van der Waals surface area contributed by atoms with E-state index in [1.165, 1.54) is 30.6 Å². The van der Waals surface area contributed by atoms with Crippen LogP contribution in [0, 0.1) is 11.6 Å². The molecule has 0 fully saturated rings. The van der Waals surface area contributed by atoms with Gasteiger partial charge in [-0.3, -0.25) is 9.89 Å². The van der Waals surface area contributed by atoms with Gasteiger partial charge in [-0.1, -0.05) is 12.1 Å². The predicted octanol–water partition coefficient (Wildman–Crippen LogP) is 2.30. The van der Waals surface area contributed by atoms with Crippen LogP contribution in [-0.4, -0.2) is 25.4 Å².